The molecule has 0 aromatic carbocycles. The van der Waals surface area contributed by atoms with Gasteiger partial charge in [0.25, 0.3) is 0 Å². The van der Waals surface area contributed by atoms with Crippen molar-refractivity contribution in [2.45, 2.75) is 19.9 Å². The molecule has 1 aliphatic rings. The van der Waals surface area contributed by atoms with Crippen LogP contribution in [0.2, 0.25) is 0 Å². The molecule has 0 saturated heterocycles. The van der Waals surface area contributed by atoms with Gasteiger partial charge in [-0.25, -0.2) is 4.79 Å². The Labute approximate surface area is 121 Å². The summed E-state index contributed by atoms with van der Waals surface area (Å²) in [5.41, 5.74) is 1.89. The van der Waals surface area contributed by atoms with Crippen molar-refractivity contribution in [3.63, 3.8) is 0 Å². The van der Waals surface area contributed by atoms with Crippen LogP contribution in [0.4, 0.5) is 5.00 Å². The van der Waals surface area contributed by atoms with Crippen molar-refractivity contribution in [2.24, 2.45) is 0 Å². The number of amides is 1. The molecule has 0 atom stereocenters. The second-order valence-corrected chi connectivity index (χ2v) is 5.87. The van der Waals surface area contributed by atoms with Crippen LogP contribution in [0.3, 0.4) is 0 Å². The number of carboxylic acids is 1. The molecule has 0 unspecified atom stereocenters. The van der Waals surface area contributed by atoms with E-state index < -0.39 is 17.1 Å². The summed E-state index contributed by atoms with van der Waals surface area (Å²) >= 11 is 1.15. The molecule has 2 N–H and O–H groups in total. The zero-order valence-corrected chi connectivity index (χ0v) is 11.8. The van der Waals surface area contributed by atoms with Gasteiger partial charge in [-0.1, -0.05) is 0 Å². The third-order valence-corrected chi connectivity index (χ3v) is 4.59. The number of thiophene rings is 1. The first-order valence-corrected chi connectivity index (χ1v) is 7.00. The van der Waals surface area contributed by atoms with Crippen molar-refractivity contribution >= 4 is 28.2 Å². The zero-order chi connectivity index (χ0) is 15.3. The minimum atomic E-state index is -1.12. The molecule has 21 heavy (non-hydrogen) atoms. The van der Waals surface area contributed by atoms with Crippen LogP contribution in [0.25, 0.3) is 0 Å². The zero-order valence-electron chi connectivity index (χ0n) is 11.0. The number of rotatable bonds is 3. The van der Waals surface area contributed by atoms with E-state index in [4.69, 9.17) is 0 Å². The number of carbonyl (C=O) groups is 2. The van der Waals surface area contributed by atoms with Crippen molar-refractivity contribution in [3.05, 3.63) is 36.7 Å². The maximum Gasteiger partial charge on any atom is 0.340 e. The molecule has 2 aromatic rings. The van der Waals surface area contributed by atoms with Crippen LogP contribution < -0.4 is 16.5 Å². The summed E-state index contributed by atoms with van der Waals surface area (Å²) in [5, 5.41) is 9.60. The highest BCUT2D eigenvalue weighted by atomic mass is 32.1. The Morgan fingerprint density at radius 3 is 2.48 bits per heavy atom. The van der Waals surface area contributed by atoms with Crippen molar-refractivity contribution in [3.8, 4) is 0 Å². The summed E-state index contributed by atoms with van der Waals surface area (Å²) in [6.45, 7) is 2.27. The van der Waals surface area contributed by atoms with Gasteiger partial charge in [0.15, 0.2) is 0 Å². The number of hydrogen-bond donors (Lipinski definition) is 2. The first-order valence-electron chi connectivity index (χ1n) is 6.18. The van der Waals surface area contributed by atoms with Crippen molar-refractivity contribution < 1.29 is 14.7 Å². The molecule has 1 aliphatic heterocycles. The molecule has 0 bridgehead atoms. The van der Waals surface area contributed by atoms with E-state index in [1.165, 1.54) is 6.92 Å². The minimum absolute atomic E-state index is 0.0725. The van der Waals surface area contributed by atoms with Gasteiger partial charge >= 0.3 is 17.1 Å². The lowest BCUT2D eigenvalue weighted by atomic mass is 10.0. The van der Waals surface area contributed by atoms with E-state index in [1.807, 2.05) is 0 Å². The van der Waals surface area contributed by atoms with Crippen LogP contribution >= 0.6 is 11.3 Å². The fourth-order valence-corrected chi connectivity index (χ4v) is 3.56. The van der Waals surface area contributed by atoms with Crippen LogP contribution in [0.5, 0.6) is 0 Å². The van der Waals surface area contributed by atoms with Gasteiger partial charge in [0.05, 0.1) is 12.1 Å². The normalized spacial score (nSPS) is 14.2. The fraction of sp³-hybridized carbons (Fsp3) is 0.333. The van der Waals surface area contributed by atoms with Crippen LogP contribution in [0.15, 0.2) is 9.59 Å². The molecule has 9 heteroatoms. The number of carboxylic acid groups (broad SMARTS) is 1. The van der Waals surface area contributed by atoms with Gasteiger partial charge in [0.2, 0.25) is 5.91 Å². The monoisotopic (exact) mass is 309 g/mol. The van der Waals surface area contributed by atoms with Gasteiger partial charge in [-0.3, -0.25) is 19.8 Å². The molecule has 0 saturated carbocycles. The second kappa shape index (κ2) is 4.55. The van der Waals surface area contributed by atoms with E-state index in [0.717, 1.165) is 20.9 Å². The Bertz CT molecular complexity index is 801. The summed E-state index contributed by atoms with van der Waals surface area (Å²) in [4.78, 5) is 47.2. The smallest absolute Gasteiger partial charge is 0.340 e. The molecule has 2 aromatic heterocycles. The van der Waals surface area contributed by atoms with Crippen LogP contribution in [0.1, 0.15) is 27.7 Å². The maximum absolute atomic E-state index is 11.4. The fourth-order valence-electron chi connectivity index (χ4n) is 2.32. The third-order valence-electron chi connectivity index (χ3n) is 3.47. The van der Waals surface area contributed by atoms with Gasteiger partial charge < -0.3 is 10.0 Å². The Morgan fingerprint density at radius 2 is 1.95 bits per heavy atom. The molecule has 8 nitrogen and oxygen atoms in total. The maximum atomic E-state index is 11.4. The predicted octanol–water partition coefficient (Wildman–Crippen LogP) is -0.376. The molecular weight excluding hydrogens is 298 g/mol. The van der Waals surface area contributed by atoms with E-state index >= 15 is 0 Å². The number of aromatic carboxylic acids is 1. The lowest BCUT2D eigenvalue weighted by Crippen LogP contribution is -2.33. The van der Waals surface area contributed by atoms with Crippen LogP contribution in [-0.2, 0) is 17.8 Å². The standard InChI is InChI=1S/C12H11N3O5S/c1-5(16)14-3-2-6-7(4-14)21-9(8(6)12(19)20)13-15-10(17)11(15)18/h13H,2-4H2,1H3,(H,19,20). The molecule has 0 spiro atoms. The Morgan fingerprint density at radius 1 is 1.29 bits per heavy atom. The number of hydrogen-bond acceptors (Lipinski definition) is 6. The Balaban J connectivity index is 2.00. The largest absolute Gasteiger partial charge is 0.478 e. The number of nitrogens with zero attached hydrogens (tertiary/aromatic N) is 2. The lowest BCUT2D eigenvalue weighted by molar-refractivity contribution is -0.129. The van der Waals surface area contributed by atoms with E-state index in [-0.39, 0.29) is 16.5 Å². The highest BCUT2D eigenvalue weighted by Gasteiger charge is 2.30. The molecule has 0 aliphatic carbocycles. The first-order chi connectivity index (χ1) is 9.90. The van der Waals surface area contributed by atoms with Gasteiger partial charge in [-0.15, -0.1) is 11.3 Å². The third kappa shape index (κ3) is 2.15. The summed E-state index contributed by atoms with van der Waals surface area (Å²) < 4.78 is 0.770. The van der Waals surface area contributed by atoms with Gasteiger partial charge in [0, 0.05) is 18.3 Å². The van der Waals surface area contributed by atoms with Crippen molar-refractivity contribution in [2.75, 3.05) is 12.0 Å². The minimum Gasteiger partial charge on any atom is -0.478 e. The van der Waals surface area contributed by atoms with E-state index in [2.05, 4.69) is 5.43 Å². The SMILES string of the molecule is CC(=O)N1CCc2c(sc(Nn3c(=O)c3=O)c2C(=O)O)C1. The number of anilines is 1. The highest BCUT2D eigenvalue weighted by molar-refractivity contribution is 7.16. The van der Waals surface area contributed by atoms with E-state index in [0.29, 0.717) is 25.1 Å². The van der Waals surface area contributed by atoms with Gasteiger partial charge in [-0.2, -0.15) is 4.68 Å². The molecule has 0 radical (unpaired) electrons. The Hall–Kier alpha value is -2.42. The molecular formula is C12H11N3O5S. The van der Waals surface area contributed by atoms with Crippen LogP contribution in [0, 0.1) is 0 Å². The highest BCUT2D eigenvalue weighted by Crippen LogP contribution is 2.37. The summed E-state index contributed by atoms with van der Waals surface area (Å²) in [6.07, 6.45) is 0.441. The lowest BCUT2D eigenvalue weighted by Gasteiger charge is -2.25. The summed E-state index contributed by atoms with van der Waals surface area (Å²) in [7, 11) is 0. The van der Waals surface area contributed by atoms with E-state index in [1.54, 1.807) is 4.90 Å². The van der Waals surface area contributed by atoms with E-state index in [9.17, 15) is 24.3 Å². The molecule has 110 valence electrons. The summed E-state index contributed by atoms with van der Waals surface area (Å²) in [5.74, 6) is -1.19. The van der Waals surface area contributed by atoms with Crippen molar-refractivity contribution in [1.82, 2.24) is 9.58 Å². The second-order valence-electron chi connectivity index (χ2n) is 4.76. The average Bonchev–Trinajstić information content (AvgIpc) is 2.87. The Kier molecular flexibility index (Phi) is 2.94. The van der Waals surface area contributed by atoms with Crippen molar-refractivity contribution in [1.29, 1.82) is 0 Å². The first kappa shape index (κ1) is 13.6. The molecule has 3 rings (SSSR count). The topological polar surface area (TPSA) is 109 Å². The average molecular weight is 309 g/mol. The molecule has 3 heterocycles. The number of aromatic nitrogens is 1. The molecule has 1 amide bonds. The van der Waals surface area contributed by atoms with Gasteiger partial charge in [0.1, 0.15) is 5.00 Å². The number of nitrogens with one attached hydrogen (secondary N) is 1. The number of fused-ring (bicyclic) bond motifs is 1. The van der Waals surface area contributed by atoms with Crippen LogP contribution in [-0.4, -0.2) is 33.1 Å². The predicted molar refractivity (Wildman–Crippen MR) is 74.4 cm³/mol. The van der Waals surface area contributed by atoms with Gasteiger partial charge in [-0.05, 0) is 12.0 Å². The quantitative estimate of drug-likeness (QED) is 0.748. The number of carbonyl (C=O) groups excluding carboxylic acids is 1. The molecule has 0 fully saturated rings. The summed E-state index contributed by atoms with van der Waals surface area (Å²) in [6, 6.07) is 0.